The Balaban J connectivity index is 1.74. The van der Waals surface area contributed by atoms with Crippen LogP contribution in [-0.2, 0) is 0 Å². The van der Waals surface area contributed by atoms with Gasteiger partial charge in [0.25, 0.3) is 0 Å². The Hall–Kier alpha value is -0.120. The van der Waals surface area contributed by atoms with E-state index in [4.69, 9.17) is 5.73 Å². The average molecular weight is 253 g/mol. The Morgan fingerprint density at radius 2 is 1.89 bits per heavy atom. The molecule has 0 aromatic carbocycles. The minimum absolute atomic E-state index is 0.697. The summed E-state index contributed by atoms with van der Waals surface area (Å²) in [5.74, 6) is 1.47. The zero-order valence-corrected chi connectivity index (χ0v) is 12.3. The number of rotatable bonds is 6. The fourth-order valence-electron chi connectivity index (χ4n) is 3.66. The molecule has 0 bridgehead atoms. The van der Waals surface area contributed by atoms with Crippen LogP contribution in [0, 0.1) is 11.8 Å². The number of likely N-dealkylation sites (tertiary alicyclic amines) is 2. The summed E-state index contributed by atoms with van der Waals surface area (Å²) in [7, 11) is 0. The van der Waals surface area contributed by atoms with Gasteiger partial charge in [-0.3, -0.25) is 4.90 Å². The highest BCUT2D eigenvalue weighted by Gasteiger charge is 2.29. The van der Waals surface area contributed by atoms with Crippen molar-refractivity contribution in [1.82, 2.24) is 9.80 Å². The predicted octanol–water partition coefficient (Wildman–Crippen LogP) is 1.78. The van der Waals surface area contributed by atoms with Crippen LogP contribution in [0.1, 0.15) is 39.5 Å². The molecule has 18 heavy (non-hydrogen) atoms. The Labute approximate surface area is 113 Å². The van der Waals surface area contributed by atoms with Crippen molar-refractivity contribution >= 4 is 0 Å². The number of hydrogen-bond donors (Lipinski definition) is 1. The Morgan fingerprint density at radius 1 is 1.17 bits per heavy atom. The number of nitrogens with zero attached hydrogens (tertiary/aromatic N) is 2. The van der Waals surface area contributed by atoms with Crippen molar-refractivity contribution in [2.75, 3.05) is 39.3 Å². The van der Waals surface area contributed by atoms with Gasteiger partial charge in [0.1, 0.15) is 0 Å². The van der Waals surface area contributed by atoms with E-state index in [-0.39, 0.29) is 0 Å². The third-order valence-corrected chi connectivity index (χ3v) is 4.56. The first-order valence-electron chi connectivity index (χ1n) is 7.85. The predicted molar refractivity (Wildman–Crippen MR) is 77.7 cm³/mol. The van der Waals surface area contributed by atoms with Crippen molar-refractivity contribution in [3.63, 3.8) is 0 Å². The Bertz CT molecular complexity index is 236. The second kappa shape index (κ2) is 6.88. The molecule has 2 rings (SSSR count). The maximum Gasteiger partial charge on any atom is 0.0235 e. The molecule has 0 aromatic heterocycles. The number of nitrogens with two attached hydrogens (primary N) is 1. The minimum Gasteiger partial charge on any atom is -0.330 e. The molecule has 2 heterocycles. The smallest absolute Gasteiger partial charge is 0.0235 e. The SMILES string of the molecule is CC(C)CC(CN)CN1CCC(N2CCCC2)C1. The van der Waals surface area contributed by atoms with Gasteiger partial charge < -0.3 is 10.6 Å². The van der Waals surface area contributed by atoms with Gasteiger partial charge >= 0.3 is 0 Å². The van der Waals surface area contributed by atoms with Gasteiger partial charge in [-0.1, -0.05) is 13.8 Å². The van der Waals surface area contributed by atoms with Crippen LogP contribution in [0.25, 0.3) is 0 Å². The molecule has 2 aliphatic rings. The van der Waals surface area contributed by atoms with E-state index in [0.29, 0.717) is 5.92 Å². The van der Waals surface area contributed by atoms with Crippen molar-refractivity contribution in [2.45, 2.75) is 45.6 Å². The van der Waals surface area contributed by atoms with Crippen LogP contribution < -0.4 is 5.73 Å². The zero-order chi connectivity index (χ0) is 13.0. The van der Waals surface area contributed by atoms with Crippen LogP contribution in [0.4, 0.5) is 0 Å². The van der Waals surface area contributed by atoms with Gasteiger partial charge in [-0.05, 0) is 63.7 Å². The van der Waals surface area contributed by atoms with Gasteiger partial charge in [0.15, 0.2) is 0 Å². The second-order valence-corrected chi connectivity index (χ2v) is 6.68. The van der Waals surface area contributed by atoms with Gasteiger partial charge in [-0.15, -0.1) is 0 Å². The summed E-state index contributed by atoms with van der Waals surface area (Å²) < 4.78 is 0. The lowest BCUT2D eigenvalue weighted by Gasteiger charge is -2.26. The summed E-state index contributed by atoms with van der Waals surface area (Å²) in [6.07, 6.45) is 5.48. The minimum atomic E-state index is 0.697. The van der Waals surface area contributed by atoms with E-state index in [1.54, 1.807) is 0 Å². The van der Waals surface area contributed by atoms with E-state index in [1.165, 1.54) is 58.4 Å². The normalized spacial score (nSPS) is 28.3. The first-order chi connectivity index (χ1) is 8.69. The van der Waals surface area contributed by atoms with Gasteiger partial charge in [-0.2, -0.15) is 0 Å². The van der Waals surface area contributed by atoms with E-state index in [0.717, 1.165) is 18.5 Å². The highest BCUT2D eigenvalue weighted by atomic mass is 15.3. The fraction of sp³-hybridized carbons (Fsp3) is 1.00. The van der Waals surface area contributed by atoms with Gasteiger partial charge in [0.2, 0.25) is 0 Å². The highest BCUT2D eigenvalue weighted by Crippen LogP contribution is 2.22. The van der Waals surface area contributed by atoms with E-state index in [1.807, 2.05) is 0 Å². The molecule has 0 spiro atoms. The molecule has 0 radical (unpaired) electrons. The molecule has 0 amide bonds. The van der Waals surface area contributed by atoms with E-state index < -0.39 is 0 Å². The third kappa shape index (κ3) is 3.94. The summed E-state index contributed by atoms with van der Waals surface area (Å²) in [5, 5.41) is 0. The van der Waals surface area contributed by atoms with Crippen LogP contribution >= 0.6 is 0 Å². The highest BCUT2D eigenvalue weighted by molar-refractivity contribution is 4.86. The molecular weight excluding hydrogens is 222 g/mol. The lowest BCUT2D eigenvalue weighted by molar-refractivity contribution is 0.212. The van der Waals surface area contributed by atoms with E-state index in [2.05, 4.69) is 23.6 Å². The molecule has 0 aliphatic carbocycles. The van der Waals surface area contributed by atoms with Crippen LogP contribution in [0.2, 0.25) is 0 Å². The van der Waals surface area contributed by atoms with Gasteiger partial charge in [0, 0.05) is 19.1 Å². The monoisotopic (exact) mass is 253 g/mol. The molecule has 2 N–H and O–H groups in total. The molecule has 2 unspecified atom stereocenters. The van der Waals surface area contributed by atoms with Crippen molar-refractivity contribution in [1.29, 1.82) is 0 Å². The molecule has 0 saturated carbocycles. The molecule has 0 aromatic rings. The average Bonchev–Trinajstić information content (AvgIpc) is 2.97. The largest absolute Gasteiger partial charge is 0.330 e. The second-order valence-electron chi connectivity index (χ2n) is 6.68. The summed E-state index contributed by atoms with van der Waals surface area (Å²) in [4.78, 5) is 5.36. The topological polar surface area (TPSA) is 32.5 Å². The molecule has 3 nitrogen and oxygen atoms in total. The summed E-state index contributed by atoms with van der Waals surface area (Å²) in [6.45, 7) is 11.9. The van der Waals surface area contributed by atoms with Crippen LogP contribution in [0.5, 0.6) is 0 Å². The Morgan fingerprint density at radius 3 is 2.50 bits per heavy atom. The van der Waals surface area contributed by atoms with Gasteiger partial charge in [-0.25, -0.2) is 0 Å². The van der Waals surface area contributed by atoms with E-state index >= 15 is 0 Å². The molecule has 3 heteroatoms. The van der Waals surface area contributed by atoms with Crippen molar-refractivity contribution in [3.8, 4) is 0 Å². The summed E-state index contributed by atoms with van der Waals surface area (Å²) in [5.41, 5.74) is 5.92. The standard InChI is InChI=1S/C15H31N3/c1-13(2)9-14(10-16)11-17-8-5-15(12-17)18-6-3-4-7-18/h13-15H,3-12,16H2,1-2H3. The first-order valence-corrected chi connectivity index (χ1v) is 7.85. The van der Waals surface area contributed by atoms with Crippen molar-refractivity contribution in [2.24, 2.45) is 17.6 Å². The van der Waals surface area contributed by atoms with E-state index in [9.17, 15) is 0 Å². The lowest BCUT2D eigenvalue weighted by atomic mass is 9.97. The van der Waals surface area contributed by atoms with Gasteiger partial charge in [0.05, 0.1) is 0 Å². The zero-order valence-electron chi connectivity index (χ0n) is 12.3. The summed E-state index contributed by atoms with van der Waals surface area (Å²) in [6, 6.07) is 0.838. The van der Waals surface area contributed by atoms with Crippen LogP contribution in [0.15, 0.2) is 0 Å². The quantitative estimate of drug-likeness (QED) is 0.783. The maximum atomic E-state index is 5.92. The molecule has 2 fully saturated rings. The molecule has 106 valence electrons. The molecule has 2 saturated heterocycles. The Kier molecular flexibility index (Phi) is 5.46. The van der Waals surface area contributed by atoms with Crippen LogP contribution in [-0.4, -0.2) is 55.1 Å². The van der Waals surface area contributed by atoms with Crippen molar-refractivity contribution in [3.05, 3.63) is 0 Å². The molecule has 2 atom stereocenters. The summed E-state index contributed by atoms with van der Waals surface area (Å²) >= 11 is 0. The van der Waals surface area contributed by atoms with Crippen molar-refractivity contribution < 1.29 is 0 Å². The first kappa shape index (κ1) is 14.3. The molecule has 2 aliphatic heterocycles. The third-order valence-electron chi connectivity index (χ3n) is 4.56. The fourth-order valence-corrected chi connectivity index (χ4v) is 3.66. The lowest BCUT2D eigenvalue weighted by Crippen LogP contribution is -2.37. The molecular formula is C15H31N3. The van der Waals surface area contributed by atoms with Crippen LogP contribution in [0.3, 0.4) is 0 Å². The maximum absolute atomic E-state index is 5.92. The number of hydrogen-bond acceptors (Lipinski definition) is 3.